The van der Waals surface area contributed by atoms with Crippen LogP contribution in [0.2, 0.25) is 0 Å². The van der Waals surface area contributed by atoms with Gasteiger partial charge < -0.3 is 10.4 Å². The molecule has 0 unspecified atom stereocenters. The number of nitrogens with zero attached hydrogens (tertiary/aromatic N) is 1. The lowest BCUT2D eigenvalue weighted by Crippen LogP contribution is -2.55. The molecule has 120 valence electrons. The number of aliphatic hydroxyl groups excluding tert-OH is 1. The Labute approximate surface area is 132 Å². The smallest absolute Gasteiger partial charge is 0.251 e. The van der Waals surface area contributed by atoms with E-state index in [1.165, 1.54) is 25.7 Å². The van der Waals surface area contributed by atoms with Crippen LogP contribution in [0.5, 0.6) is 0 Å². The number of amides is 1. The molecule has 3 rings (SSSR count). The number of nitrogens with one attached hydrogen (secondary N) is 1. The van der Waals surface area contributed by atoms with Crippen LogP contribution in [0.1, 0.15) is 42.5 Å². The van der Waals surface area contributed by atoms with Gasteiger partial charge in [0, 0.05) is 36.7 Å². The van der Waals surface area contributed by atoms with E-state index >= 15 is 0 Å². The first kappa shape index (κ1) is 15.5. The molecule has 0 radical (unpaired) electrons. The number of aliphatic hydroxyl groups is 1. The predicted octanol–water partition coefficient (Wildman–Crippen LogP) is 2.04. The maximum absolute atomic E-state index is 12.4. The van der Waals surface area contributed by atoms with Crippen molar-refractivity contribution in [2.75, 3.05) is 19.7 Å². The van der Waals surface area contributed by atoms with Crippen molar-refractivity contribution < 1.29 is 9.90 Å². The third-order valence-electron chi connectivity index (χ3n) is 5.22. The molecule has 2 aliphatic rings. The summed E-state index contributed by atoms with van der Waals surface area (Å²) >= 11 is 0. The highest BCUT2D eigenvalue weighted by Gasteiger charge is 2.34. The van der Waals surface area contributed by atoms with E-state index in [1.807, 2.05) is 30.3 Å². The minimum atomic E-state index is -0.0303. The van der Waals surface area contributed by atoms with Gasteiger partial charge in [-0.2, -0.15) is 0 Å². The Hall–Kier alpha value is -1.39. The molecule has 2 N–H and O–H groups in total. The summed E-state index contributed by atoms with van der Waals surface area (Å²) in [5.74, 6) is 0.141. The van der Waals surface area contributed by atoms with Crippen molar-refractivity contribution in [2.45, 2.75) is 44.2 Å². The van der Waals surface area contributed by atoms with Crippen LogP contribution in [0, 0.1) is 5.92 Å². The summed E-state index contributed by atoms with van der Waals surface area (Å²) in [5, 5.41) is 12.8. The second kappa shape index (κ2) is 7.25. The Bertz CT molecular complexity index is 485. The van der Waals surface area contributed by atoms with Crippen molar-refractivity contribution in [3.63, 3.8) is 0 Å². The average molecular weight is 302 g/mol. The topological polar surface area (TPSA) is 52.6 Å². The number of carbonyl (C=O) groups excluding carboxylic acids is 1. The van der Waals surface area contributed by atoms with Gasteiger partial charge in [-0.1, -0.05) is 31.0 Å². The molecule has 1 amide bonds. The van der Waals surface area contributed by atoms with Crippen LogP contribution in [0.4, 0.5) is 0 Å². The van der Waals surface area contributed by atoms with Crippen LogP contribution in [0.15, 0.2) is 30.3 Å². The fourth-order valence-electron chi connectivity index (χ4n) is 3.85. The average Bonchev–Trinajstić information content (AvgIpc) is 3.10. The lowest BCUT2D eigenvalue weighted by atomic mass is 9.90. The minimum Gasteiger partial charge on any atom is -0.396 e. The monoisotopic (exact) mass is 302 g/mol. The molecule has 0 bridgehead atoms. The summed E-state index contributed by atoms with van der Waals surface area (Å²) in [6, 6.07) is 10.1. The van der Waals surface area contributed by atoms with E-state index in [2.05, 4.69) is 10.2 Å². The van der Waals surface area contributed by atoms with Crippen molar-refractivity contribution in [3.8, 4) is 0 Å². The van der Waals surface area contributed by atoms with Gasteiger partial charge in [0.25, 0.3) is 5.91 Å². The van der Waals surface area contributed by atoms with Crippen molar-refractivity contribution in [3.05, 3.63) is 35.9 Å². The molecular formula is C18H26N2O2. The molecule has 2 atom stereocenters. The maximum Gasteiger partial charge on any atom is 0.251 e. The zero-order valence-electron chi connectivity index (χ0n) is 13.1. The van der Waals surface area contributed by atoms with Crippen molar-refractivity contribution in [1.29, 1.82) is 0 Å². The highest BCUT2D eigenvalue weighted by atomic mass is 16.3. The van der Waals surface area contributed by atoms with Gasteiger partial charge >= 0.3 is 0 Å². The number of hydrogen-bond acceptors (Lipinski definition) is 3. The van der Waals surface area contributed by atoms with E-state index in [-0.39, 0.29) is 24.5 Å². The van der Waals surface area contributed by atoms with Gasteiger partial charge in [0.15, 0.2) is 0 Å². The summed E-state index contributed by atoms with van der Waals surface area (Å²) in [7, 11) is 0. The minimum absolute atomic E-state index is 0.0303. The van der Waals surface area contributed by atoms with E-state index in [4.69, 9.17) is 0 Å². The molecule has 2 fully saturated rings. The first-order valence-corrected chi connectivity index (χ1v) is 8.48. The van der Waals surface area contributed by atoms with Crippen LogP contribution < -0.4 is 5.32 Å². The molecule has 1 saturated heterocycles. The van der Waals surface area contributed by atoms with E-state index in [9.17, 15) is 9.90 Å². The Morgan fingerprint density at radius 1 is 1.18 bits per heavy atom. The van der Waals surface area contributed by atoms with E-state index in [1.54, 1.807) is 0 Å². The molecule has 4 nitrogen and oxygen atoms in total. The summed E-state index contributed by atoms with van der Waals surface area (Å²) in [6.45, 7) is 2.07. The zero-order chi connectivity index (χ0) is 15.4. The molecule has 4 heteroatoms. The second-order valence-corrected chi connectivity index (χ2v) is 6.61. The number of piperidine rings is 1. The van der Waals surface area contributed by atoms with Crippen LogP contribution >= 0.6 is 0 Å². The summed E-state index contributed by atoms with van der Waals surface area (Å²) in [4.78, 5) is 14.9. The Balaban J connectivity index is 1.64. The van der Waals surface area contributed by atoms with Gasteiger partial charge in [-0.05, 0) is 37.9 Å². The summed E-state index contributed by atoms with van der Waals surface area (Å²) in [6.07, 6.45) is 6.18. The maximum atomic E-state index is 12.4. The quantitative estimate of drug-likeness (QED) is 0.895. The second-order valence-electron chi connectivity index (χ2n) is 6.61. The molecule has 22 heavy (non-hydrogen) atoms. The molecule has 1 aliphatic heterocycles. The largest absolute Gasteiger partial charge is 0.396 e. The van der Waals surface area contributed by atoms with Crippen molar-refractivity contribution in [1.82, 2.24) is 10.2 Å². The number of benzene rings is 1. The van der Waals surface area contributed by atoms with Crippen LogP contribution in [-0.4, -0.2) is 47.7 Å². The number of hydrogen-bond donors (Lipinski definition) is 2. The fourth-order valence-corrected chi connectivity index (χ4v) is 3.85. The van der Waals surface area contributed by atoms with Gasteiger partial charge in [0.2, 0.25) is 0 Å². The molecule has 1 heterocycles. The van der Waals surface area contributed by atoms with Crippen LogP contribution in [-0.2, 0) is 0 Å². The lowest BCUT2D eigenvalue weighted by Gasteiger charge is -2.41. The number of rotatable bonds is 4. The third kappa shape index (κ3) is 3.50. The van der Waals surface area contributed by atoms with E-state index in [0.717, 1.165) is 19.5 Å². The SMILES string of the molecule is O=C(N[C@@H]1CN(C2CCCC2)CC[C@@H]1CO)c1ccccc1. The molecule has 1 saturated carbocycles. The number of carbonyl (C=O) groups is 1. The van der Waals surface area contributed by atoms with Gasteiger partial charge in [-0.25, -0.2) is 0 Å². The van der Waals surface area contributed by atoms with Crippen LogP contribution in [0.25, 0.3) is 0 Å². The Morgan fingerprint density at radius 3 is 2.59 bits per heavy atom. The zero-order valence-corrected chi connectivity index (χ0v) is 13.1. The van der Waals surface area contributed by atoms with E-state index in [0.29, 0.717) is 11.6 Å². The van der Waals surface area contributed by atoms with E-state index < -0.39 is 0 Å². The summed E-state index contributed by atoms with van der Waals surface area (Å²) in [5.41, 5.74) is 0.692. The fraction of sp³-hybridized carbons (Fsp3) is 0.611. The predicted molar refractivity (Wildman–Crippen MR) is 86.7 cm³/mol. The summed E-state index contributed by atoms with van der Waals surface area (Å²) < 4.78 is 0. The highest BCUT2D eigenvalue weighted by Crippen LogP contribution is 2.28. The molecular weight excluding hydrogens is 276 g/mol. The third-order valence-corrected chi connectivity index (χ3v) is 5.22. The van der Waals surface area contributed by atoms with Gasteiger partial charge in [0.1, 0.15) is 0 Å². The normalized spacial score (nSPS) is 27.0. The van der Waals surface area contributed by atoms with Crippen LogP contribution in [0.3, 0.4) is 0 Å². The van der Waals surface area contributed by atoms with Gasteiger partial charge in [0.05, 0.1) is 0 Å². The molecule has 1 aliphatic carbocycles. The van der Waals surface area contributed by atoms with Gasteiger partial charge in [-0.3, -0.25) is 9.69 Å². The van der Waals surface area contributed by atoms with Gasteiger partial charge in [-0.15, -0.1) is 0 Å². The lowest BCUT2D eigenvalue weighted by molar-refractivity contribution is 0.0617. The molecule has 1 aromatic carbocycles. The highest BCUT2D eigenvalue weighted by molar-refractivity contribution is 5.94. The molecule has 0 aromatic heterocycles. The Kier molecular flexibility index (Phi) is 5.11. The molecule has 1 aromatic rings. The van der Waals surface area contributed by atoms with Crippen molar-refractivity contribution in [2.24, 2.45) is 5.92 Å². The standard InChI is InChI=1S/C18H26N2O2/c21-13-15-10-11-20(16-8-4-5-9-16)12-17(15)19-18(22)14-6-2-1-3-7-14/h1-3,6-7,15-17,21H,4-5,8-13H2,(H,19,22)/t15-,17-/m1/s1. The van der Waals surface area contributed by atoms with Crippen molar-refractivity contribution >= 4 is 5.91 Å². The molecule has 0 spiro atoms. The Morgan fingerprint density at radius 2 is 1.91 bits per heavy atom. The first-order valence-electron chi connectivity index (χ1n) is 8.48. The first-order chi connectivity index (χ1) is 10.8. The number of likely N-dealkylation sites (tertiary alicyclic amines) is 1.